The van der Waals surface area contributed by atoms with E-state index in [0.29, 0.717) is 5.56 Å². The van der Waals surface area contributed by atoms with Gasteiger partial charge in [0.05, 0.1) is 0 Å². The normalized spacial score (nSPS) is 13.7. The SMILES string of the molecule is N#Cc1[c-]nccc1-c1ccc(-c2ccc(N3CCCCC3)cc2)s1.[Re]. The third-order valence-corrected chi connectivity index (χ3v) is 5.79. The van der Waals surface area contributed by atoms with Crippen LogP contribution in [-0.4, -0.2) is 18.1 Å². The Kier molecular flexibility index (Phi) is 6.22. The van der Waals surface area contributed by atoms with Gasteiger partial charge in [-0.1, -0.05) is 35.5 Å². The average molecular weight is 531 g/mol. The maximum absolute atomic E-state index is 9.24. The minimum Gasteiger partial charge on any atom is -0.372 e. The van der Waals surface area contributed by atoms with Crippen LogP contribution in [0, 0.1) is 17.5 Å². The molecule has 3 heterocycles. The first-order chi connectivity index (χ1) is 12.3. The van der Waals surface area contributed by atoms with Crippen molar-refractivity contribution in [2.75, 3.05) is 18.0 Å². The summed E-state index contributed by atoms with van der Waals surface area (Å²) < 4.78 is 0. The van der Waals surface area contributed by atoms with Crippen molar-refractivity contribution in [3.63, 3.8) is 0 Å². The molecule has 0 amide bonds. The number of nitrogens with zero attached hydrogens (tertiary/aromatic N) is 3. The molecule has 0 aliphatic carbocycles. The van der Waals surface area contributed by atoms with E-state index in [1.807, 2.05) is 6.07 Å². The minimum absolute atomic E-state index is 0. The Bertz CT molecular complexity index is 906. The van der Waals surface area contributed by atoms with Crippen LogP contribution < -0.4 is 4.90 Å². The smallest absolute Gasteiger partial charge is 0.0366 e. The van der Waals surface area contributed by atoms with Gasteiger partial charge < -0.3 is 9.88 Å². The number of hydrogen-bond donors (Lipinski definition) is 0. The van der Waals surface area contributed by atoms with Gasteiger partial charge in [0.25, 0.3) is 0 Å². The number of thiophene rings is 1. The van der Waals surface area contributed by atoms with E-state index in [-0.39, 0.29) is 20.4 Å². The number of aromatic nitrogens is 1. The molecule has 131 valence electrons. The fraction of sp³-hybridized carbons (Fsp3) is 0.238. The summed E-state index contributed by atoms with van der Waals surface area (Å²) in [5.74, 6) is 0. The molecule has 1 fully saturated rings. The molecule has 0 N–H and O–H groups in total. The quantitative estimate of drug-likeness (QED) is 0.441. The maximum Gasteiger partial charge on any atom is 0.0366 e. The van der Waals surface area contributed by atoms with Gasteiger partial charge in [0.15, 0.2) is 0 Å². The molecule has 0 unspecified atom stereocenters. The van der Waals surface area contributed by atoms with Gasteiger partial charge in [-0.3, -0.25) is 5.26 Å². The second-order valence-electron chi connectivity index (χ2n) is 6.22. The first kappa shape index (κ1) is 18.8. The molecule has 3 nitrogen and oxygen atoms in total. The molecule has 0 saturated carbocycles. The molecular weight excluding hydrogens is 513 g/mol. The summed E-state index contributed by atoms with van der Waals surface area (Å²) in [6.07, 6.45) is 8.39. The zero-order valence-corrected chi connectivity index (χ0v) is 17.8. The van der Waals surface area contributed by atoms with E-state index in [0.717, 1.165) is 23.5 Å². The molecule has 1 aromatic carbocycles. The Morgan fingerprint density at radius 3 is 2.42 bits per heavy atom. The molecule has 4 rings (SSSR count). The summed E-state index contributed by atoms with van der Waals surface area (Å²) in [7, 11) is 0. The molecule has 1 aliphatic heterocycles. The van der Waals surface area contributed by atoms with E-state index < -0.39 is 0 Å². The molecule has 0 atom stereocenters. The molecule has 1 aliphatic rings. The van der Waals surface area contributed by atoms with Gasteiger partial charge in [-0.05, 0) is 60.2 Å². The summed E-state index contributed by atoms with van der Waals surface area (Å²) in [5.41, 5.74) is 3.93. The van der Waals surface area contributed by atoms with E-state index >= 15 is 0 Å². The van der Waals surface area contributed by atoms with Crippen LogP contribution in [0.5, 0.6) is 0 Å². The van der Waals surface area contributed by atoms with Crippen LogP contribution in [0.3, 0.4) is 0 Å². The Labute approximate surface area is 172 Å². The van der Waals surface area contributed by atoms with Crippen LogP contribution in [-0.2, 0) is 20.4 Å². The van der Waals surface area contributed by atoms with Gasteiger partial charge in [0.2, 0.25) is 0 Å². The number of benzene rings is 1. The van der Waals surface area contributed by atoms with Gasteiger partial charge in [-0.25, -0.2) is 0 Å². The second-order valence-corrected chi connectivity index (χ2v) is 7.30. The van der Waals surface area contributed by atoms with Crippen LogP contribution in [0.1, 0.15) is 24.8 Å². The van der Waals surface area contributed by atoms with Crippen molar-refractivity contribution in [3.05, 3.63) is 60.4 Å². The van der Waals surface area contributed by atoms with Crippen molar-refractivity contribution >= 4 is 17.0 Å². The first-order valence-electron chi connectivity index (χ1n) is 8.57. The molecule has 3 aromatic rings. The summed E-state index contributed by atoms with van der Waals surface area (Å²) in [6, 6.07) is 17.1. The zero-order chi connectivity index (χ0) is 17.1. The number of anilines is 1. The van der Waals surface area contributed by atoms with E-state index in [2.05, 4.69) is 58.5 Å². The van der Waals surface area contributed by atoms with Crippen LogP contribution in [0.2, 0.25) is 0 Å². The fourth-order valence-corrected chi connectivity index (χ4v) is 4.32. The van der Waals surface area contributed by atoms with Crippen molar-refractivity contribution in [1.29, 1.82) is 5.26 Å². The molecule has 1 saturated heterocycles. The summed E-state index contributed by atoms with van der Waals surface area (Å²) in [6.45, 7) is 2.33. The Balaban J connectivity index is 0.00000196. The number of pyridine rings is 1. The van der Waals surface area contributed by atoms with Gasteiger partial charge in [-0.2, -0.15) is 0 Å². The van der Waals surface area contributed by atoms with Crippen LogP contribution in [0.15, 0.2) is 48.7 Å². The van der Waals surface area contributed by atoms with Crippen molar-refractivity contribution < 1.29 is 20.4 Å². The zero-order valence-electron chi connectivity index (χ0n) is 14.3. The van der Waals surface area contributed by atoms with Crippen LogP contribution in [0.25, 0.3) is 20.9 Å². The number of rotatable bonds is 3. The van der Waals surface area contributed by atoms with Gasteiger partial charge in [0, 0.05) is 44.1 Å². The van der Waals surface area contributed by atoms with Crippen molar-refractivity contribution in [2.45, 2.75) is 19.3 Å². The summed E-state index contributed by atoms with van der Waals surface area (Å²) in [4.78, 5) is 8.67. The third kappa shape index (κ3) is 3.89. The molecule has 0 bridgehead atoms. The van der Waals surface area contributed by atoms with E-state index in [4.69, 9.17) is 0 Å². The van der Waals surface area contributed by atoms with Crippen LogP contribution in [0.4, 0.5) is 5.69 Å². The monoisotopic (exact) mass is 531 g/mol. The average Bonchev–Trinajstić information content (AvgIpc) is 3.19. The predicted octanol–water partition coefficient (Wildman–Crippen LogP) is 5.14. The van der Waals surface area contributed by atoms with Crippen molar-refractivity contribution in [3.8, 4) is 27.0 Å². The third-order valence-electron chi connectivity index (χ3n) is 4.62. The van der Waals surface area contributed by atoms with E-state index in [1.54, 1.807) is 17.5 Å². The largest absolute Gasteiger partial charge is 0.372 e. The van der Waals surface area contributed by atoms with Gasteiger partial charge in [0.1, 0.15) is 0 Å². The van der Waals surface area contributed by atoms with Crippen molar-refractivity contribution in [1.82, 2.24) is 4.98 Å². The molecule has 0 spiro atoms. The summed E-state index contributed by atoms with van der Waals surface area (Å²) >= 11 is 1.70. The standard InChI is InChI=1S/C21H18N3S.Re/c22-14-17-15-23-11-10-19(17)21-9-8-20(25-21)16-4-6-18(7-5-16)24-12-2-1-3-13-24;/h4-11H,1-3,12-13H2;/q-1;. The van der Waals surface area contributed by atoms with E-state index in [1.165, 1.54) is 35.4 Å². The maximum atomic E-state index is 9.24. The fourth-order valence-electron chi connectivity index (χ4n) is 3.27. The Morgan fingerprint density at radius 2 is 1.69 bits per heavy atom. The minimum atomic E-state index is 0. The molecule has 26 heavy (non-hydrogen) atoms. The van der Waals surface area contributed by atoms with Gasteiger partial charge >= 0.3 is 0 Å². The Morgan fingerprint density at radius 1 is 0.962 bits per heavy atom. The second kappa shape index (κ2) is 8.60. The molecule has 2 aromatic heterocycles. The van der Waals surface area contributed by atoms with Crippen molar-refractivity contribution in [2.24, 2.45) is 0 Å². The number of piperidine rings is 1. The Hall–Kier alpha value is -1.98. The molecule has 5 heteroatoms. The topological polar surface area (TPSA) is 39.9 Å². The first-order valence-corrected chi connectivity index (χ1v) is 9.39. The summed E-state index contributed by atoms with van der Waals surface area (Å²) in [5, 5.41) is 9.24. The van der Waals surface area contributed by atoms with E-state index in [9.17, 15) is 5.26 Å². The number of hydrogen-bond acceptors (Lipinski definition) is 4. The predicted molar refractivity (Wildman–Crippen MR) is 103 cm³/mol. The number of nitriles is 1. The van der Waals surface area contributed by atoms with Gasteiger partial charge in [-0.15, -0.1) is 17.4 Å². The molecular formula is C21H18N3ReS-. The van der Waals surface area contributed by atoms with Crippen LogP contribution >= 0.6 is 11.3 Å². The molecule has 1 radical (unpaired) electrons.